The Morgan fingerprint density at radius 2 is 2.00 bits per heavy atom. The van der Waals surface area contributed by atoms with Crippen LogP contribution in [0.15, 0.2) is 0 Å². The standard InChI is InChI=1S/C10H21NO/c1-5-8-6-9(12)7-11(8)10(2,3)4/h8-9,12H,5-7H2,1-4H3. The Labute approximate surface area is 75.6 Å². The first-order valence-corrected chi connectivity index (χ1v) is 4.90. The Kier molecular flexibility index (Phi) is 2.79. The van der Waals surface area contributed by atoms with Crippen LogP contribution in [0.4, 0.5) is 0 Å². The lowest BCUT2D eigenvalue weighted by atomic mass is 10.0. The van der Waals surface area contributed by atoms with Crippen molar-refractivity contribution in [3.05, 3.63) is 0 Å². The van der Waals surface area contributed by atoms with E-state index in [1.807, 2.05) is 0 Å². The highest BCUT2D eigenvalue weighted by Crippen LogP contribution is 2.28. The smallest absolute Gasteiger partial charge is 0.0682 e. The fourth-order valence-electron chi connectivity index (χ4n) is 2.10. The zero-order valence-electron chi connectivity index (χ0n) is 8.67. The molecule has 1 heterocycles. The van der Waals surface area contributed by atoms with Crippen LogP contribution < -0.4 is 0 Å². The molecular formula is C10H21NO. The van der Waals surface area contributed by atoms with Gasteiger partial charge in [-0.05, 0) is 33.6 Å². The van der Waals surface area contributed by atoms with Crippen LogP contribution in [0.2, 0.25) is 0 Å². The number of hydrogen-bond acceptors (Lipinski definition) is 2. The molecule has 2 heteroatoms. The van der Waals surface area contributed by atoms with Crippen molar-refractivity contribution in [2.75, 3.05) is 6.54 Å². The van der Waals surface area contributed by atoms with E-state index < -0.39 is 0 Å². The SMILES string of the molecule is CCC1CC(O)CN1C(C)(C)C. The van der Waals surface area contributed by atoms with Gasteiger partial charge in [-0.25, -0.2) is 0 Å². The molecule has 12 heavy (non-hydrogen) atoms. The van der Waals surface area contributed by atoms with Crippen molar-refractivity contribution < 1.29 is 5.11 Å². The molecule has 0 spiro atoms. The summed E-state index contributed by atoms with van der Waals surface area (Å²) < 4.78 is 0. The van der Waals surface area contributed by atoms with Crippen molar-refractivity contribution in [1.29, 1.82) is 0 Å². The molecule has 72 valence electrons. The minimum atomic E-state index is -0.103. The predicted octanol–water partition coefficient (Wildman–Crippen LogP) is 1.63. The number of aliphatic hydroxyl groups excluding tert-OH is 1. The molecular weight excluding hydrogens is 150 g/mol. The van der Waals surface area contributed by atoms with Gasteiger partial charge in [0, 0.05) is 18.1 Å². The molecule has 2 nitrogen and oxygen atoms in total. The number of likely N-dealkylation sites (tertiary alicyclic amines) is 1. The Balaban J connectivity index is 2.64. The lowest BCUT2D eigenvalue weighted by molar-refractivity contribution is 0.103. The highest BCUT2D eigenvalue weighted by Gasteiger charge is 2.35. The first-order chi connectivity index (χ1) is 5.45. The topological polar surface area (TPSA) is 23.5 Å². The fourth-order valence-corrected chi connectivity index (χ4v) is 2.10. The van der Waals surface area contributed by atoms with Crippen molar-refractivity contribution >= 4 is 0 Å². The minimum absolute atomic E-state index is 0.103. The molecule has 0 aliphatic carbocycles. The fraction of sp³-hybridized carbons (Fsp3) is 1.00. The van der Waals surface area contributed by atoms with Gasteiger partial charge in [-0.15, -0.1) is 0 Å². The van der Waals surface area contributed by atoms with Crippen LogP contribution >= 0.6 is 0 Å². The highest BCUT2D eigenvalue weighted by molar-refractivity contribution is 4.91. The van der Waals surface area contributed by atoms with Gasteiger partial charge in [0.25, 0.3) is 0 Å². The normalized spacial score (nSPS) is 32.8. The van der Waals surface area contributed by atoms with Crippen LogP contribution in [-0.4, -0.2) is 34.2 Å². The summed E-state index contributed by atoms with van der Waals surface area (Å²) in [6.07, 6.45) is 2.00. The molecule has 1 rings (SSSR count). The quantitative estimate of drug-likeness (QED) is 0.648. The minimum Gasteiger partial charge on any atom is -0.392 e. The first-order valence-electron chi connectivity index (χ1n) is 4.90. The second-order valence-corrected chi connectivity index (χ2v) is 4.77. The van der Waals surface area contributed by atoms with Gasteiger partial charge >= 0.3 is 0 Å². The summed E-state index contributed by atoms with van der Waals surface area (Å²) in [5, 5.41) is 9.52. The third kappa shape index (κ3) is 1.99. The van der Waals surface area contributed by atoms with Gasteiger partial charge in [0.1, 0.15) is 0 Å². The molecule has 1 N–H and O–H groups in total. The largest absolute Gasteiger partial charge is 0.392 e. The highest BCUT2D eigenvalue weighted by atomic mass is 16.3. The van der Waals surface area contributed by atoms with E-state index in [0.29, 0.717) is 6.04 Å². The van der Waals surface area contributed by atoms with Crippen LogP contribution in [0.1, 0.15) is 40.5 Å². The van der Waals surface area contributed by atoms with E-state index in [1.54, 1.807) is 0 Å². The van der Waals surface area contributed by atoms with E-state index in [1.165, 1.54) is 0 Å². The number of nitrogens with zero attached hydrogens (tertiary/aromatic N) is 1. The Morgan fingerprint density at radius 3 is 2.33 bits per heavy atom. The summed E-state index contributed by atoms with van der Waals surface area (Å²) in [4.78, 5) is 2.41. The van der Waals surface area contributed by atoms with Gasteiger partial charge < -0.3 is 5.11 Å². The van der Waals surface area contributed by atoms with Crippen molar-refractivity contribution in [1.82, 2.24) is 4.90 Å². The zero-order valence-corrected chi connectivity index (χ0v) is 8.67. The molecule has 1 aliphatic heterocycles. The van der Waals surface area contributed by atoms with Gasteiger partial charge in [-0.2, -0.15) is 0 Å². The van der Waals surface area contributed by atoms with Crippen molar-refractivity contribution in [2.24, 2.45) is 0 Å². The summed E-state index contributed by atoms with van der Waals surface area (Å²) in [6, 6.07) is 0.583. The third-order valence-electron chi connectivity index (χ3n) is 2.73. The second kappa shape index (κ2) is 3.35. The average Bonchev–Trinajstić information content (AvgIpc) is 2.29. The van der Waals surface area contributed by atoms with E-state index in [0.717, 1.165) is 19.4 Å². The molecule has 1 fully saturated rings. The zero-order chi connectivity index (χ0) is 9.35. The molecule has 0 aromatic rings. The summed E-state index contributed by atoms with van der Waals surface area (Å²) in [7, 11) is 0. The van der Waals surface area contributed by atoms with Crippen LogP contribution in [-0.2, 0) is 0 Å². The molecule has 1 aliphatic rings. The van der Waals surface area contributed by atoms with E-state index in [-0.39, 0.29) is 11.6 Å². The number of aliphatic hydroxyl groups is 1. The van der Waals surface area contributed by atoms with Gasteiger partial charge in [0.2, 0.25) is 0 Å². The monoisotopic (exact) mass is 171 g/mol. The lowest BCUT2D eigenvalue weighted by Gasteiger charge is -2.36. The van der Waals surface area contributed by atoms with Gasteiger partial charge in [-0.3, -0.25) is 4.90 Å². The molecule has 2 atom stereocenters. The molecule has 0 aromatic heterocycles. The second-order valence-electron chi connectivity index (χ2n) is 4.77. The summed E-state index contributed by atoms with van der Waals surface area (Å²) in [6.45, 7) is 9.69. The van der Waals surface area contributed by atoms with Crippen LogP contribution in [0.25, 0.3) is 0 Å². The maximum Gasteiger partial charge on any atom is 0.0682 e. The Morgan fingerprint density at radius 1 is 1.42 bits per heavy atom. The first kappa shape index (κ1) is 10.0. The number of hydrogen-bond donors (Lipinski definition) is 1. The van der Waals surface area contributed by atoms with E-state index in [2.05, 4.69) is 32.6 Å². The third-order valence-corrected chi connectivity index (χ3v) is 2.73. The molecule has 1 saturated heterocycles. The maximum atomic E-state index is 9.52. The Hall–Kier alpha value is -0.0800. The van der Waals surface area contributed by atoms with Gasteiger partial charge in [0.05, 0.1) is 6.10 Å². The van der Waals surface area contributed by atoms with Crippen molar-refractivity contribution in [3.63, 3.8) is 0 Å². The number of rotatable bonds is 1. The molecule has 0 saturated carbocycles. The van der Waals surface area contributed by atoms with Crippen molar-refractivity contribution in [3.8, 4) is 0 Å². The Bertz CT molecular complexity index is 150. The molecule has 0 amide bonds. The summed E-state index contributed by atoms with van der Waals surface area (Å²) in [5.41, 5.74) is 0.207. The summed E-state index contributed by atoms with van der Waals surface area (Å²) >= 11 is 0. The summed E-state index contributed by atoms with van der Waals surface area (Å²) in [5.74, 6) is 0. The van der Waals surface area contributed by atoms with Crippen LogP contribution in [0.3, 0.4) is 0 Å². The molecule has 0 radical (unpaired) electrons. The van der Waals surface area contributed by atoms with Crippen LogP contribution in [0.5, 0.6) is 0 Å². The predicted molar refractivity (Wildman–Crippen MR) is 51.2 cm³/mol. The average molecular weight is 171 g/mol. The molecule has 2 unspecified atom stereocenters. The van der Waals surface area contributed by atoms with Gasteiger partial charge in [0.15, 0.2) is 0 Å². The molecule has 0 aromatic carbocycles. The number of β-amino-alcohol motifs (C(OH)–C–C–N with tert-alkyl or cyclic N) is 1. The van der Waals surface area contributed by atoms with Crippen LogP contribution in [0, 0.1) is 0 Å². The lowest BCUT2D eigenvalue weighted by Crippen LogP contribution is -2.44. The maximum absolute atomic E-state index is 9.52. The van der Waals surface area contributed by atoms with Gasteiger partial charge in [-0.1, -0.05) is 6.92 Å². The van der Waals surface area contributed by atoms with E-state index >= 15 is 0 Å². The van der Waals surface area contributed by atoms with E-state index in [9.17, 15) is 5.11 Å². The van der Waals surface area contributed by atoms with E-state index in [4.69, 9.17) is 0 Å². The van der Waals surface area contributed by atoms with Crippen molar-refractivity contribution in [2.45, 2.75) is 58.2 Å². The molecule has 0 bridgehead atoms.